The summed E-state index contributed by atoms with van der Waals surface area (Å²) in [6.07, 6.45) is 4.50. The van der Waals surface area contributed by atoms with E-state index < -0.39 is 0 Å². The van der Waals surface area contributed by atoms with Crippen molar-refractivity contribution in [3.63, 3.8) is 0 Å². The molecule has 2 N–H and O–H groups in total. The smallest absolute Gasteiger partial charge is 0.0544 e. The highest BCUT2D eigenvalue weighted by molar-refractivity contribution is 5.85. The number of aryl methyl sites for hydroxylation is 1. The number of nitrogens with two attached hydrogens (primary N) is 1. The van der Waals surface area contributed by atoms with E-state index in [9.17, 15) is 0 Å². The van der Waals surface area contributed by atoms with E-state index >= 15 is 0 Å². The summed E-state index contributed by atoms with van der Waals surface area (Å²) in [6.45, 7) is 6.18. The van der Waals surface area contributed by atoms with Crippen LogP contribution >= 0.6 is 12.4 Å². The molecule has 3 nitrogen and oxygen atoms in total. The predicted molar refractivity (Wildman–Crippen MR) is 73.3 cm³/mol. The van der Waals surface area contributed by atoms with Crippen LogP contribution in [0.2, 0.25) is 0 Å². The average molecular weight is 256 g/mol. The quantitative estimate of drug-likeness (QED) is 0.898. The van der Waals surface area contributed by atoms with E-state index in [2.05, 4.69) is 28.9 Å². The predicted octanol–water partition coefficient (Wildman–Crippen LogP) is 1.98. The van der Waals surface area contributed by atoms with Crippen molar-refractivity contribution in [2.24, 2.45) is 11.7 Å². The van der Waals surface area contributed by atoms with E-state index in [4.69, 9.17) is 5.73 Å². The topological polar surface area (TPSA) is 42.1 Å². The van der Waals surface area contributed by atoms with Gasteiger partial charge in [-0.25, -0.2) is 0 Å². The summed E-state index contributed by atoms with van der Waals surface area (Å²) in [6, 6.07) is 4.26. The molecule has 0 radical (unpaired) electrons. The zero-order valence-corrected chi connectivity index (χ0v) is 11.2. The maximum atomic E-state index is 5.74. The summed E-state index contributed by atoms with van der Waals surface area (Å²) in [5.74, 6) is 0.680. The maximum absolute atomic E-state index is 5.74. The molecule has 2 rings (SSSR count). The molecule has 1 unspecified atom stereocenters. The molecule has 96 valence electrons. The molecule has 1 atom stereocenters. The van der Waals surface area contributed by atoms with Crippen molar-refractivity contribution in [1.29, 1.82) is 0 Å². The minimum Gasteiger partial charge on any atom is -0.330 e. The van der Waals surface area contributed by atoms with Crippen LogP contribution in [0, 0.1) is 12.8 Å². The molecule has 17 heavy (non-hydrogen) atoms. The summed E-state index contributed by atoms with van der Waals surface area (Å²) in [4.78, 5) is 6.92. The Labute approximate surface area is 110 Å². The Hall–Kier alpha value is -0.640. The second-order valence-electron chi connectivity index (χ2n) is 4.81. The van der Waals surface area contributed by atoms with Gasteiger partial charge in [0.25, 0.3) is 0 Å². The van der Waals surface area contributed by atoms with Gasteiger partial charge in [0, 0.05) is 19.3 Å². The summed E-state index contributed by atoms with van der Waals surface area (Å²) >= 11 is 0. The summed E-state index contributed by atoms with van der Waals surface area (Å²) in [7, 11) is 0. The van der Waals surface area contributed by atoms with Crippen molar-refractivity contribution in [3.05, 3.63) is 29.6 Å². The molecular weight excluding hydrogens is 234 g/mol. The fourth-order valence-corrected chi connectivity index (χ4v) is 2.31. The highest BCUT2D eigenvalue weighted by Gasteiger charge is 2.18. The number of hydrogen-bond donors (Lipinski definition) is 1. The summed E-state index contributed by atoms with van der Waals surface area (Å²) in [5, 5.41) is 0. The number of likely N-dealkylation sites (tertiary alicyclic amines) is 1. The number of piperidine rings is 1. The van der Waals surface area contributed by atoms with Gasteiger partial charge < -0.3 is 5.73 Å². The first-order valence-electron chi connectivity index (χ1n) is 6.12. The molecule has 1 fully saturated rings. The van der Waals surface area contributed by atoms with Crippen molar-refractivity contribution in [2.75, 3.05) is 19.6 Å². The molecular formula is C13H22ClN3. The van der Waals surface area contributed by atoms with Crippen LogP contribution in [-0.4, -0.2) is 29.5 Å². The van der Waals surface area contributed by atoms with Crippen molar-refractivity contribution in [3.8, 4) is 0 Å². The van der Waals surface area contributed by atoms with Gasteiger partial charge in [0.2, 0.25) is 0 Å². The lowest BCUT2D eigenvalue weighted by Crippen LogP contribution is -2.38. The van der Waals surface area contributed by atoms with Crippen molar-refractivity contribution < 1.29 is 0 Å². The van der Waals surface area contributed by atoms with Crippen LogP contribution in [0.5, 0.6) is 0 Å². The molecule has 0 saturated carbocycles. The number of nitrogens with zero attached hydrogens (tertiary/aromatic N) is 2. The Morgan fingerprint density at radius 1 is 1.47 bits per heavy atom. The molecule has 2 heterocycles. The third kappa shape index (κ3) is 4.26. The van der Waals surface area contributed by atoms with Crippen molar-refractivity contribution >= 4 is 12.4 Å². The van der Waals surface area contributed by atoms with Crippen LogP contribution in [0.4, 0.5) is 0 Å². The largest absolute Gasteiger partial charge is 0.330 e. The summed E-state index contributed by atoms with van der Waals surface area (Å²) < 4.78 is 0. The second kappa shape index (κ2) is 6.94. The van der Waals surface area contributed by atoms with Gasteiger partial charge in [0.1, 0.15) is 0 Å². The monoisotopic (exact) mass is 255 g/mol. The highest BCUT2D eigenvalue weighted by atomic mass is 35.5. The Balaban J connectivity index is 0.00000144. The molecule has 1 saturated heterocycles. The lowest BCUT2D eigenvalue weighted by molar-refractivity contribution is 0.169. The zero-order valence-electron chi connectivity index (χ0n) is 10.4. The van der Waals surface area contributed by atoms with E-state index in [1.165, 1.54) is 30.6 Å². The molecule has 0 amide bonds. The van der Waals surface area contributed by atoms with E-state index in [0.29, 0.717) is 5.92 Å². The first-order chi connectivity index (χ1) is 7.78. The van der Waals surface area contributed by atoms with E-state index in [1.807, 2.05) is 6.20 Å². The van der Waals surface area contributed by atoms with Gasteiger partial charge in [-0.1, -0.05) is 6.07 Å². The van der Waals surface area contributed by atoms with Crippen molar-refractivity contribution in [1.82, 2.24) is 9.88 Å². The van der Waals surface area contributed by atoms with E-state index in [0.717, 1.165) is 19.6 Å². The van der Waals surface area contributed by atoms with Crippen LogP contribution < -0.4 is 5.73 Å². The van der Waals surface area contributed by atoms with Crippen molar-refractivity contribution in [2.45, 2.75) is 26.3 Å². The fourth-order valence-electron chi connectivity index (χ4n) is 2.31. The van der Waals surface area contributed by atoms with Gasteiger partial charge >= 0.3 is 0 Å². The average Bonchev–Trinajstić information content (AvgIpc) is 2.32. The number of rotatable bonds is 3. The first-order valence-corrected chi connectivity index (χ1v) is 6.12. The molecule has 0 spiro atoms. The maximum Gasteiger partial charge on any atom is 0.0544 e. The highest BCUT2D eigenvalue weighted by Crippen LogP contribution is 2.16. The molecule has 1 aromatic heterocycles. The zero-order chi connectivity index (χ0) is 11.4. The Kier molecular flexibility index (Phi) is 5.89. The Bertz CT molecular complexity index is 326. The first kappa shape index (κ1) is 14.4. The Morgan fingerprint density at radius 3 is 2.94 bits per heavy atom. The SMILES string of the molecule is Cc1ccc(CN2CCCC(CN)C2)nc1.Cl. The van der Waals surface area contributed by atoms with E-state index in [-0.39, 0.29) is 12.4 Å². The molecule has 1 aromatic rings. The van der Waals surface area contributed by atoms with Gasteiger partial charge in [-0.15, -0.1) is 12.4 Å². The lowest BCUT2D eigenvalue weighted by Gasteiger charge is -2.31. The number of pyridine rings is 1. The van der Waals surface area contributed by atoms with Gasteiger partial charge in [-0.3, -0.25) is 9.88 Å². The third-order valence-electron chi connectivity index (χ3n) is 3.29. The van der Waals surface area contributed by atoms with Gasteiger partial charge in [-0.05, 0) is 50.4 Å². The third-order valence-corrected chi connectivity index (χ3v) is 3.29. The number of hydrogen-bond acceptors (Lipinski definition) is 3. The minimum absolute atomic E-state index is 0. The van der Waals surface area contributed by atoms with Crippen LogP contribution in [0.15, 0.2) is 18.3 Å². The molecule has 0 bridgehead atoms. The normalized spacial score (nSPS) is 20.9. The molecule has 1 aliphatic heterocycles. The van der Waals surface area contributed by atoms with Crippen LogP contribution in [-0.2, 0) is 6.54 Å². The molecule has 4 heteroatoms. The van der Waals surface area contributed by atoms with Crippen LogP contribution in [0.1, 0.15) is 24.1 Å². The Morgan fingerprint density at radius 2 is 2.29 bits per heavy atom. The van der Waals surface area contributed by atoms with Gasteiger partial charge in [-0.2, -0.15) is 0 Å². The van der Waals surface area contributed by atoms with Crippen LogP contribution in [0.25, 0.3) is 0 Å². The van der Waals surface area contributed by atoms with Crippen LogP contribution in [0.3, 0.4) is 0 Å². The standard InChI is InChI=1S/C13H21N3.ClH/c1-11-4-5-13(15-8-11)10-16-6-2-3-12(7-14)9-16;/h4-5,8,12H,2-3,6-7,9-10,14H2,1H3;1H. The number of halogens is 1. The summed E-state index contributed by atoms with van der Waals surface area (Å²) in [5.41, 5.74) is 8.13. The minimum atomic E-state index is 0. The number of aromatic nitrogens is 1. The lowest BCUT2D eigenvalue weighted by atomic mass is 9.98. The fraction of sp³-hybridized carbons (Fsp3) is 0.615. The molecule has 0 aromatic carbocycles. The second-order valence-corrected chi connectivity index (χ2v) is 4.81. The van der Waals surface area contributed by atoms with E-state index in [1.54, 1.807) is 0 Å². The van der Waals surface area contributed by atoms with Gasteiger partial charge in [0.15, 0.2) is 0 Å². The van der Waals surface area contributed by atoms with Gasteiger partial charge in [0.05, 0.1) is 5.69 Å². The molecule has 0 aliphatic carbocycles. The molecule has 1 aliphatic rings.